The molecule has 1 aromatic carbocycles. The summed E-state index contributed by atoms with van der Waals surface area (Å²) in [6, 6.07) is 8.26. The number of amides is 1. The number of nitrogens with one attached hydrogen (secondary N) is 1. The fourth-order valence-electron chi connectivity index (χ4n) is 3.88. The molecule has 27 heavy (non-hydrogen) atoms. The number of aromatic nitrogens is 2. The highest BCUT2D eigenvalue weighted by Crippen LogP contribution is 2.39. The molecule has 2 aromatic heterocycles. The number of fused-ring (bicyclic) bond motifs is 2. The van der Waals surface area contributed by atoms with Crippen LogP contribution in [-0.2, 0) is 19.4 Å². The molecule has 0 fully saturated rings. The number of hydrogen-bond donors (Lipinski definition) is 1. The predicted octanol–water partition coefficient (Wildman–Crippen LogP) is 4.11. The van der Waals surface area contributed by atoms with E-state index in [1.54, 1.807) is 18.4 Å². The zero-order valence-corrected chi connectivity index (χ0v) is 16.7. The lowest BCUT2D eigenvalue weighted by atomic mass is 9.98. The summed E-state index contributed by atoms with van der Waals surface area (Å²) < 4.78 is 7.60. The maximum absolute atomic E-state index is 12.7. The SMILES string of the molecule is COc1c(C(=O)NCCCn2nc(C)c3ccccc32)sc2c1CCCC2. The second-order valence-corrected chi connectivity index (χ2v) is 8.11. The van der Waals surface area contributed by atoms with Crippen molar-refractivity contribution in [1.82, 2.24) is 15.1 Å². The molecule has 1 aliphatic carbocycles. The van der Waals surface area contributed by atoms with Crippen molar-refractivity contribution in [3.8, 4) is 5.75 Å². The molecule has 1 amide bonds. The van der Waals surface area contributed by atoms with Gasteiger partial charge in [-0.3, -0.25) is 9.48 Å². The van der Waals surface area contributed by atoms with Crippen LogP contribution in [-0.4, -0.2) is 29.3 Å². The van der Waals surface area contributed by atoms with Gasteiger partial charge in [0.2, 0.25) is 0 Å². The largest absolute Gasteiger partial charge is 0.495 e. The summed E-state index contributed by atoms with van der Waals surface area (Å²) in [5.74, 6) is 0.772. The average Bonchev–Trinajstić information content (AvgIpc) is 3.23. The molecule has 0 radical (unpaired) electrons. The lowest BCUT2D eigenvalue weighted by molar-refractivity contribution is 0.0954. The van der Waals surface area contributed by atoms with Gasteiger partial charge >= 0.3 is 0 Å². The Morgan fingerprint density at radius 3 is 2.96 bits per heavy atom. The second kappa shape index (κ2) is 7.72. The van der Waals surface area contributed by atoms with E-state index in [1.165, 1.54) is 28.7 Å². The fraction of sp³-hybridized carbons (Fsp3) is 0.429. The van der Waals surface area contributed by atoms with Crippen LogP contribution in [0.4, 0.5) is 0 Å². The third-order valence-corrected chi connectivity index (χ3v) is 6.48. The Morgan fingerprint density at radius 2 is 2.11 bits per heavy atom. The van der Waals surface area contributed by atoms with Crippen LogP contribution in [0, 0.1) is 6.92 Å². The zero-order chi connectivity index (χ0) is 18.8. The van der Waals surface area contributed by atoms with Crippen LogP contribution in [0.15, 0.2) is 24.3 Å². The molecule has 0 aliphatic heterocycles. The molecule has 4 rings (SSSR count). The first-order chi connectivity index (χ1) is 13.2. The summed E-state index contributed by atoms with van der Waals surface area (Å²) in [6.45, 7) is 3.44. The first-order valence-corrected chi connectivity index (χ1v) is 10.4. The van der Waals surface area contributed by atoms with Gasteiger partial charge in [0.15, 0.2) is 0 Å². The fourth-order valence-corrected chi connectivity index (χ4v) is 5.15. The first-order valence-electron chi connectivity index (χ1n) is 9.58. The normalized spacial score (nSPS) is 13.6. The summed E-state index contributed by atoms with van der Waals surface area (Å²) in [5, 5.41) is 8.87. The van der Waals surface area contributed by atoms with E-state index >= 15 is 0 Å². The molecule has 6 heteroatoms. The van der Waals surface area contributed by atoms with E-state index in [1.807, 2.05) is 23.7 Å². The second-order valence-electron chi connectivity index (χ2n) is 7.01. The number of rotatable bonds is 6. The van der Waals surface area contributed by atoms with Gasteiger partial charge in [-0.05, 0) is 45.1 Å². The van der Waals surface area contributed by atoms with E-state index in [0.29, 0.717) is 6.54 Å². The molecule has 0 spiro atoms. The Morgan fingerprint density at radius 1 is 1.30 bits per heavy atom. The summed E-state index contributed by atoms with van der Waals surface area (Å²) in [5.41, 5.74) is 3.44. The van der Waals surface area contributed by atoms with Gasteiger partial charge in [0.25, 0.3) is 5.91 Å². The molecule has 3 aromatic rings. The third kappa shape index (κ3) is 3.46. The van der Waals surface area contributed by atoms with E-state index in [-0.39, 0.29) is 5.91 Å². The molecule has 0 atom stereocenters. The summed E-state index contributed by atoms with van der Waals surface area (Å²) >= 11 is 1.60. The van der Waals surface area contributed by atoms with Gasteiger partial charge in [-0.2, -0.15) is 5.10 Å². The van der Waals surface area contributed by atoms with Crippen molar-refractivity contribution in [3.63, 3.8) is 0 Å². The Kier molecular flexibility index (Phi) is 5.16. The molecule has 0 bridgehead atoms. The number of benzene rings is 1. The Hall–Kier alpha value is -2.34. The van der Waals surface area contributed by atoms with Crippen molar-refractivity contribution < 1.29 is 9.53 Å². The molecule has 0 unspecified atom stereocenters. The van der Waals surface area contributed by atoms with E-state index < -0.39 is 0 Å². The molecule has 0 saturated heterocycles. The minimum Gasteiger partial charge on any atom is -0.495 e. The molecule has 1 aliphatic rings. The number of nitrogens with zero attached hydrogens (tertiary/aromatic N) is 2. The van der Waals surface area contributed by atoms with E-state index in [0.717, 1.165) is 47.6 Å². The monoisotopic (exact) mass is 383 g/mol. The smallest absolute Gasteiger partial charge is 0.265 e. The first kappa shape index (κ1) is 18.0. The number of hydrogen-bond acceptors (Lipinski definition) is 4. The van der Waals surface area contributed by atoms with Gasteiger partial charge in [0.1, 0.15) is 10.6 Å². The maximum atomic E-state index is 12.7. The maximum Gasteiger partial charge on any atom is 0.265 e. The summed E-state index contributed by atoms with van der Waals surface area (Å²) in [7, 11) is 1.67. The van der Waals surface area contributed by atoms with E-state index in [2.05, 4.69) is 22.5 Å². The van der Waals surface area contributed by atoms with Crippen LogP contribution in [0.3, 0.4) is 0 Å². The number of carbonyl (C=O) groups excluding carboxylic acids is 1. The van der Waals surface area contributed by atoms with Crippen LogP contribution in [0.25, 0.3) is 10.9 Å². The van der Waals surface area contributed by atoms with Gasteiger partial charge in [-0.15, -0.1) is 11.3 Å². The average molecular weight is 384 g/mol. The summed E-state index contributed by atoms with van der Waals surface area (Å²) in [6.07, 6.45) is 5.31. The lowest BCUT2D eigenvalue weighted by Gasteiger charge is -2.11. The molecular weight excluding hydrogens is 358 g/mol. The summed E-state index contributed by atoms with van der Waals surface area (Å²) in [4.78, 5) is 14.7. The van der Waals surface area contributed by atoms with Gasteiger partial charge in [0, 0.05) is 28.9 Å². The zero-order valence-electron chi connectivity index (χ0n) is 15.9. The van der Waals surface area contributed by atoms with Gasteiger partial charge in [-0.25, -0.2) is 0 Å². The van der Waals surface area contributed by atoms with Crippen LogP contribution >= 0.6 is 11.3 Å². The van der Waals surface area contributed by atoms with Crippen LogP contribution in [0.2, 0.25) is 0 Å². The lowest BCUT2D eigenvalue weighted by Crippen LogP contribution is -2.25. The number of ether oxygens (including phenoxy) is 1. The van der Waals surface area contributed by atoms with Gasteiger partial charge in [-0.1, -0.05) is 18.2 Å². The predicted molar refractivity (Wildman–Crippen MR) is 109 cm³/mol. The van der Waals surface area contributed by atoms with Crippen LogP contribution in [0.1, 0.15) is 45.1 Å². The quantitative estimate of drug-likeness (QED) is 0.652. The van der Waals surface area contributed by atoms with Gasteiger partial charge in [0.05, 0.1) is 18.3 Å². The Balaban J connectivity index is 1.38. The van der Waals surface area contributed by atoms with E-state index in [4.69, 9.17) is 4.74 Å². The standard InChI is InChI=1S/C21H25N3O2S/c1-14-15-8-3-5-10-17(15)24(23-14)13-7-12-22-21(25)20-19(26-2)16-9-4-6-11-18(16)27-20/h3,5,8,10H,4,6-7,9,11-13H2,1-2H3,(H,22,25). The molecule has 142 valence electrons. The van der Waals surface area contributed by atoms with Crippen molar-refractivity contribution in [2.24, 2.45) is 0 Å². The molecular formula is C21H25N3O2S. The van der Waals surface area contributed by atoms with Crippen LogP contribution in [0.5, 0.6) is 5.75 Å². The van der Waals surface area contributed by atoms with Gasteiger partial charge < -0.3 is 10.1 Å². The minimum absolute atomic E-state index is 0.0206. The highest BCUT2D eigenvalue weighted by Gasteiger charge is 2.25. The number of para-hydroxylation sites is 1. The number of aryl methyl sites for hydroxylation is 3. The van der Waals surface area contributed by atoms with Crippen LogP contribution < -0.4 is 10.1 Å². The molecule has 1 N–H and O–H groups in total. The minimum atomic E-state index is -0.0206. The van der Waals surface area contributed by atoms with Crippen molar-refractivity contribution >= 4 is 28.1 Å². The molecule has 5 nitrogen and oxygen atoms in total. The molecule has 0 saturated carbocycles. The number of carbonyl (C=O) groups is 1. The number of thiophene rings is 1. The highest BCUT2D eigenvalue weighted by molar-refractivity contribution is 7.14. The van der Waals surface area contributed by atoms with Crippen molar-refractivity contribution in [3.05, 3.63) is 45.3 Å². The number of methoxy groups -OCH3 is 1. The van der Waals surface area contributed by atoms with Crippen molar-refractivity contribution in [2.45, 2.75) is 45.6 Å². The topological polar surface area (TPSA) is 56.1 Å². The molecule has 2 heterocycles. The van der Waals surface area contributed by atoms with E-state index in [9.17, 15) is 4.79 Å². The third-order valence-electron chi connectivity index (χ3n) is 5.21. The Labute approximate surface area is 163 Å². The highest BCUT2D eigenvalue weighted by atomic mass is 32.1. The van der Waals surface area contributed by atoms with Crippen molar-refractivity contribution in [1.29, 1.82) is 0 Å². The Bertz CT molecular complexity index is 973. The van der Waals surface area contributed by atoms with Crippen molar-refractivity contribution in [2.75, 3.05) is 13.7 Å².